The van der Waals surface area contributed by atoms with E-state index in [1.54, 1.807) is 16.7 Å². The summed E-state index contributed by atoms with van der Waals surface area (Å²) >= 11 is 0.911. The first kappa shape index (κ1) is 16.4. The third kappa shape index (κ3) is 2.04. The van der Waals surface area contributed by atoms with Crippen LogP contribution in [0.3, 0.4) is 0 Å². The van der Waals surface area contributed by atoms with Crippen LogP contribution in [0.15, 0.2) is 24.4 Å². The Kier molecular flexibility index (Phi) is 3.45. The molecule has 0 fully saturated rings. The molecule has 3 aromatic heterocycles. The first-order valence-electron chi connectivity index (χ1n) is 7.82. The minimum absolute atomic E-state index is 0.110. The van der Waals surface area contributed by atoms with Crippen molar-refractivity contribution < 1.29 is 23.9 Å². The van der Waals surface area contributed by atoms with E-state index in [-0.39, 0.29) is 43.7 Å². The van der Waals surface area contributed by atoms with E-state index in [4.69, 9.17) is 0 Å². The summed E-state index contributed by atoms with van der Waals surface area (Å²) in [6.45, 7) is 3.23. The molecule has 1 aliphatic carbocycles. The van der Waals surface area contributed by atoms with Crippen molar-refractivity contribution >= 4 is 40.2 Å². The fourth-order valence-corrected chi connectivity index (χ4v) is 4.35. The summed E-state index contributed by atoms with van der Waals surface area (Å²) < 4.78 is 6.28. The minimum Gasteiger partial charge on any atom is -0.465 e. The second-order valence-corrected chi connectivity index (χ2v) is 7.17. The Hall–Kier alpha value is -3.06. The lowest BCUT2D eigenvalue weighted by Gasteiger charge is -2.11. The molecule has 0 radical (unpaired) electrons. The molecule has 3 heterocycles. The molecular formula is C19H13NO5S. The van der Waals surface area contributed by atoms with Crippen molar-refractivity contribution in [2.45, 2.75) is 13.8 Å². The van der Waals surface area contributed by atoms with Crippen LogP contribution in [0.25, 0.3) is 5.52 Å². The van der Waals surface area contributed by atoms with Gasteiger partial charge in [0, 0.05) is 11.8 Å². The van der Waals surface area contributed by atoms with Gasteiger partial charge in [0.25, 0.3) is 0 Å². The predicted molar refractivity (Wildman–Crippen MR) is 94.7 cm³/mol. The number of nitrogens with zero attached hydrogens (tertiary/aromatic N) is 1. The molecule has 7 heteroatoms. The van der Waals surface area contributed by atoms with E-state index < -0.39 is 11.8 Å². The molecule has 0 amide bonds. The van der Waals surface area contributed by atoms with Gasteiger partial charge in [-0.15, -0.1) is 11.3 Å². The smallest absolute Gasteiger partial charge is 0.348 e. The topological polar surface area (TPSA) is 81.9 Å². The molecule has 3 aromatic rings. The third-order valence-electron chi connectivity index (χ3n) is 4.44. The van der Waals surface area contributed by atoms with E-state index in [1.807, 2.05) is 13.0 Å². The molecule has 0 bridgehead atoms. The number of carbonyl (C=O) groups excluding carboxylic acids is 4. The van der Waals surface area contributed by atoms with Crippen LogP contribution in [-0.4, -0.2) is 34.8 Å². The summed E-state index contributed by atoms with van der Waals surface area (Å²) in [6.07, 6.45) is 1.73. The SMILES string of the molecule is COC(=O)c1cc2c(s1)C(=O)c1c(C(C)=O)c3ccc(C)cn3c1C2=O. The van der Waals surface area contributed by atoms with Gasteiger partial charge in [-0.05, 0) is 31.5 Å². The van der Waals surface area contributed by atoms with Crippen LogP contribution in [0.5, 0.6) is 0 Å². The second-order valence-electron chi connectivity index (χ2n) is 6.12. The molecule has 0 aliphatic heterocycles. The quantitative estimate of drug-likeness (QED) is 0.402. The lowest BCUT2D eigenvalue weighted by atomic mass is 9.91. The molecule has 0 N–H and O–H groups in total. The summed E-state index contributed by atoms with van der Waals surface area (Å²) in [7, 11) is 1.24. The molecule has 0 unspecified atom stereocenters. The Morgan fingerprint density at radius 2 is 1.88 bits per heavy atom. The number of ether oxygens (including phenoxy) is 1. The number of thiophene rings is 1. The van der Waals surface area contributed by atoms with Crippen molar-refractivity contribution in [2.24, 2.45) is 0 Å². The average Bonchev–Trinajstić information content (AvgIpc) is 3.19. The van der Waals surface area contributed by atoms with Gasteiger partial charge in [0.05, 0.1) is 28.6 Å². The first-order chi connectivity index (χ1) is 12.3. The Morgan fingerprint density at radius 1 is 1.15 bits per heavy atom. The van der Waals surface area contributed by atoms with Crippen molar-refractivity contribution in [1.29, 1.82) is 0 Å². The number of ketones is 3. The molecule has 0 aromatic carbocycles. The van der Waals surface area contributed by atoms with E-state index in [2.05, 4.69) is 4.74 Å². The van der Waals surface area contributed by atoms with Gasteiger partial charge in [-0.3, -0.25) is 14.4 Å². The number of pyridine rings is 1. The highest BCUT2D eigenvalue weighted by Crippen LogP contribution is 2.38. The number of Topliss-reactive ketones (excluding diaryl/α,β-unsaturated/α-hetero) is 1. The number of hydrogen-bond acceptors (Lipinski definition) is 6. The normalized spacial score (nSPS) is 12.9. The molecule has 1 aliphatic rings. The Labute approximate surface area is 152 Å². The lowest BCUT2D eigenvalue weighted by molar-refractivity contribution is 0.0606. The van der Waals surface area contributed by atoms with Gasteiger partial charge < -0.3 is 9.14 Å². The summed E-state index contributed by atoms with van der Waals surface area (Å²) in [4.78, 5) is 50.6. The van der Waals surface area contributed by atoms with E-state index in [1.165, 1.54) is 20.1 Å². The molecular weight excluding hydrogens is 354 g/mol. The number of fused-ring (bicyclic) bond motifs is 4. The molecule has 0 atom stereocenters. The summed E-state index contributed by atoms with van der Waals surface area (Å²) in [6, 6.07) is 4.95. The Bertz CT molecular complexity index is 1160. The van der Waals surface area contributed by atoms with E-state index >= 15 is 0 Å². The number of methoxy groups -OCH3 is 1. The number of carbonyl (C=O) groups is 4. The van der Waals surface area contributed by atoms with Gasteiger partial charge in [0.15, 0.2) is 5.78 Å². The Balaban J connectivity index is 2.08. The van der Waals surface area contributed by atoms with Crippen LogP contribution in [0.1, 0.15) is 63.8 Å². The van der Waals surface area contributed by atoms with Crippen molar-refractivity contribution in [1.82, 2.24) is 4.40 Å². The number of esters is 1. The van der Waals surface area contributed by atoms with Gasteiger partial charge in [-0.25, -0.2) is 4.79 Å². The maximum absolute atomic E-state index is 13.1. The van der Waals surface area contributed by atoms with Gasteiger partial charge >= 0.3 is 5.97 Å². The zero-order valence-electron chi connectivity index (χ0n) is 14.2. The molecule has 0 saturated heterocycles. The predicted octanol–water partition coefficient (Wildman–Crippen LogP) is 3.07. The van der Waals surface area contributed by atoms with Crippen molar-refractivity contribution in [3.05, 3.63) is 62.1 Å². The first-order valence-corrected chi connectivity index (χ1v) is 8.64. The fourth-order valence-electron chi connectivity index (χ4n) is 3.33. The van der Waals surface area contributed by atoms with Crippen LogP contribution in [-0.2, 0) is 4.74 Å². The number of aryl methyl sites for hydroxylation is 1. The van der Waals surface area contributed by atoms with Crippen LogP contribution >= 0.6 is 11.3 Å². The van der Waals surface area contributed by atoms with Crippen LogP contribution < -0.4 is 0 Å². The zero-order valence-corrected chi connectivity index (χ0v) is 15.0. The second kappa shape index (κ2) is 5.47. The van der Waals surface area contributed by atoms with Crippen molar-refractivity contribution in [2.75, 3.05) is 7.11 Å². The molecule has 6 nitrogen and oxygen atoms in total. The molecule has 130 valence electrons. The highest BCUT2D eigenvalue weighted by molar-refractivity contribution is 7.16. The van der Waals surface area contributed by atoms with E-state index in [0.29, 0.717) is 5.52 Å². The largest absolute Gasteiger partial charge is 0.465 e. The Morgan fingerprint density at radius 3 is 2.54 bits per heavy atom. The van der Waals surface area contributed by atoms with Crippen LogP contribution in [0.2, 0.25) is 0 Å². The lowest BCUT2D eigenvalue weighted by Crippen LogP contribution is -2.20. The van der Waals surface area contributed by atoms with Crippen molar-refractivity contribution in [3.63, 3.8) is 0 Å². The van der Waals surface area contributed by atoms with Gasteiger partial charge in [0.1, 0.15) is 10.6 Å². The number of hydrogen-bond donors (Lipinski definition) is 0. The molecule has 4 rings (SSSR count). The summed E-state index contributed by atoms with van der Waals surface area (Å²) in [5, 5.41) is 0. The number of aromatic nitrogens is 1. The van der Waals surface area contributed by atoms with Crippen LogP contribution in [0.4, 0.5) is 0 Å². The van der Waals surface area contributed by atoms with Gasteiger partial charge in [-0.1, -0.05) is 6.07 Å². The molecule has 0 saturated carbocycles. The van der Waals surface area contributed by atoms with Gasteiger partial charge in [0.2, 0.25) is 11.6 Å². The standard InChI is InChI=1S/C19H13NO5S/c1-8-4-5-11-13(9(2)21)14-15(20(11)7-8)16(22)10-6-12(19(24)25-3)26-18(10)17(14)23/h4-7H,1-3H3. The molecule has 26 heavy (non-hydrogen) atoms. The highest BCUT2D eigenvalue weighted by atomic mass is 32.1. The van der Waals surface area contributed by atoms with Gasteiger partial charge in [-0.2, -0.15) is 0 Å². The number of rotatable bonds is 2. The van der Waals surface area contributed by atoms with Crippen LogP contribution in [0, 0.1) is 6.92 Å². The van der Waals surface area contributed by atoms with E-state index in [0.717, 1.165) is 16.9 Å². The molecule has 0 spiro atoms. The summed E-state index contributed by atoms with van der Waals surface area (Å²) in [5.74, 6) is -1.69. The monoisotopic (exact) mass is 367 g/mol. The maximum atomic E-state index is 13.1. The average molecular weight is 367 g/mol. The zero-order chi connectivity index (χ0) is 18.7. The van der Waals surface area contributed by atoms with Crippen molar-refractivity contribution in [3.8, 4) is 0 Å². The third-order valence-corrected chi connectivity index (χ3v) is 5.56. The highest BCUT2D eigenvalue weighted by Gasteiger charge is 2.39. The minimum atomic E-state index is -0.607. The summed E-state index contributed by atoms with van der Waals surface area (Å²) in [5.41, 5.74) is 2.09. The maximum Gasteiger partial charge on any atom is 0.348 e. The fraction of sp³-hybridized carbons (Fsp3) is 0.158. The van der Waals surface area contributed by atoms with E-state index in [9.17, 15) is 19.2 Å².